The van der Waals surface area contributed by atoms with Crippen molar-refractivity contribution in [1.29, 1.82) is 0 Å². The summed E-state index contributed by atoms with van der Waals surface area (Å²) < 4.78 is 9.89. The van der Waals surface area contributed by atoms with Crippen molar-refractivity contribution >= 4 is 23.6 Å². The summed E-state index contributed by atoms with van der Waals surface area (Å²) in [6.45, 7) is 9.80. The molecule has 0 aliphatic carbocycles. The van der Waals surface area contributed by atoms with Crippen LogP contribution in [-0.4, -0.2) is 108 Å². The van der Waals surface area contributed by atoms with Crippen LogP contribution < -0.4 is 10.6 Å². The number of piperidine rings is 1. The van der Waals surface area contributed by atoms with Crippen LogP contribution in [0.3, 0.4) is 0 Å². The molecule has 0 radical (unpaired) electrons. The minimum atomic E-state index is -0.350. The molecule has 0 spiro atoms. The molecule has 1 fully saturated rings. The highest BCUT2D eigenvalue weighted by Crippen LogP contribution is 2.23. The van der Waals surface area contributed by atoms with E-state index in [1.807, 2.05) is 39.0 Å². The number of likely N-dealkylation sites (N-methyl/N-ethyl adjacent to an activating group) is 1. The zero-order valence-corrected chi connectivity index (χ0v) is 23.8. The van der Waals surface area contributed by atoms with Crippen molar-refractivity contribution in [2.75, 3.05) is 58.7 Å². The minimum absolute atomic E-state index is 0.00133. The second-order valence-electron chi connectivity index (χ2n) is 10.1. The predicted molar refractivity (Wildman–Crippen MR) is 147 cm³/mol. The summed E-state index contributed by atoms with van der Waals surface area (Å²) in [6, 6.07) is 5.99. The quantitative estimate of drug-likeness (QED) is 0.438. The first-order valence-electron chi connectivity index (χ1n) is 13.3. The summed E-state index contributed by atoms with van der Waals surface area (Å²) in [5.74, 6) is 0.650. The van der Waals surface area contributed by atoms with E-state index >= 15 is 0 Å². The number of aromatic nitrogens is 2. The van der Waals surface area contributed by atoms with Gasteiger partial charge in [0.1, 0.15) is 0 Å². The van der Waals surface area contributed by atoms with E-state index in [2.05, 4.69) is 20.8 Å². The molecular weight excluding hydrogens is 502 g/mol. The van der Waals surface area contributed by atoms with Crippen LogP contribution in [0.5, 0.6) is 0 Å². The Morgan fingerprint density at radius 1 is 1.18 bits per heavy atom. The first-order valence-corrected chi connectivity index (χ1v) is 13.3. The number of amides is 3. The van der Waals surface area contributed by atoms with E-state index in [9.17, 15) is 14.4 Å². The molecule has 12 heteroatoms. The molecule has 1 aromatic heterocycles. The van der Waals surface area contributed by atoms with Gasteiger partial charge in [0.05, 0.1) is 20.2 Å². The fourth-order valence-electron chi connectivity index (χ4n) is 4.47. The van der Waals surface area contributed by atoms with Crippen LogP contribution in [0.15, 0.2) is 22.7 Å². The maximum atomic E-state index is 13.3. The molecule has 2 N–H and O–H groups in total. The normalized spacial score (nSPS) is 13.9. The van der Waals surface area contributed by atoms with Gasteiger partial charge in [0.2, 0.25) is 23.5 Å². The molecule has 0 unspecified atom stereocenters. The van der Waals surface area contributed by atoms with Crippen molar-refractivity contribution in [3.8, 4) is 11.4 Å². The monoisotopic (exact) mass is 543 g/mol. The topological polar surface area (TPSA) is 133 Å². The average molecular weight is 544 g/mol. The fourth-order valence-corrected chi connectivity index (χ4v) is 4.47. The number of carbonyl (C=O) groups excluding carboxylic acids is 3. The van der Waals surface area contributed by atoms with Crippen LogP contribution in [0.25, 0.3) is 11.4 Å². The third kappa shape index (κ3) is 8.41. The highest BCUT2D eigenvalue weighted by atomic mass is 16.5. The Hall–Kier alpha value is -3.67. The molecule has 1 aliphatic heterocycles. The molecule has 12 nitrogen and oxygen atoms in total. The number of aryl methyl sites for hydroxylation is 2. The summed E-state index contributed by atoms with van der Waals surface area (Å²) in [4.78, 5) is 47.5. The second kappa shape index (κ2) is 13.9. The molecule has 3 amide bonds. The summed E-state index contributed by atoms with van der Waals surface area (Å²) in [7, 11) is 3.13. The van der Waals surface area contributed by atoms with Crippen molar-refractivity contribution in [2.24, 2.45) is 0 Å². The zero-order valence-electron chi connectivity index (χ0n) is 23.8. The van der Waals surface area contributed by atoms with Gasteiger partial charge in [0.25, 0.3) is 0 Å². The standard InChI is InChI=1S/C27H41N7O5/c1-18(2)28-11-14-34(17-25(36)32(5)22-9-12-33(13-10-22)27(37)38-6)24(35)16-29-23-15-21(8-7-19(23)3)26-30-20(4)39-31-26/h7-8,15,18,22,28-29H,9-14,16-17H2,1-6H3. The fraction of sp³-hybridized carbons (Fsp3) is 0.593. The maximum absolute atomic E-state index is 13.3. The lowest BCUT2D eigenvalue weighted by molar-refractivity contribution is -0.140. The van der Waals surface area contributed by atoms with Crippen molar-refractivity contribution in [3.05, 3.63) is 29.7 Å². The lowest BCUT2D eigenvalue weighted by Crippen LogP contribution is -2.51. The summed E-state index contributed by atoms with van der Waals surface area (Å²) in [5.41, 5.74) is 2.53. The molecule has 2 heterocycles. The first-order chi connectivity index (χ1) is 18.6. The number of methoxy groups -OCH3 is 1. The van der Waals surface area contributed by atoms with E-state index in [4.69, 9.17) is 9.26 Å². The van der Waals surface area contributed by atoms with Gasteiger partial charge in [0, 0.05) is 63.5 Å². The Labute approximate surface area is 230 Å². The molecule has 0 saturated carbocycles. The largest absolute Gasteiger partial charge is 0.453 e. The Kier molecular flexibility index (Phi) is 10.7. The van der Waals surface area contributed by atoms with Crippen LogP contribution in [-0.2, 0) is 14.3 Å². The summed E-state index contributed by atoms with van der Waals surface area (Å²) >= 11 is 0. The molecule has 1 saturated heterocycles. The highest BCUT2D eigenvalue weighted by molar-refractivity contribution is 5.87. The van der Waals surface area contributed by atoms with E-state index in [0.29, 0.717) is 50.7 Å². The number of benzene rings is 1. The Balaban J connectivity index is 1.62. The average Bonchev–Trinajstić information content (AvgIpc) is 3.36. The van der Waals surface area contributed by atoms with Gasteiger partial charge in [0.15, 0.2) is 0 Å². The van der Waals surface area contributed by atoms with Crippen LogP contribution in [0.1, 0.15) is 38.1 Å². The van der Waals surface area contributed by atoms with Gasteiger partial charge >= 0.3 is 6.09 Å². The third-order valence-electron chi connectivity index (χ3n) is 6.90. The molecule has 214 valence electrons. The molecule has 2 aromatic rings. The number of hydrogen-bond donors (Lipinski definition) is 2. The van der Waals surface area contributed by atoms with Crippen molar-refractivity contribution < 1.29 is 23.6 Å². The smallest absolute Gasteiger partial charge is 0.409 e. The second-order valence-corrected chi connectivity index (χ2v) is 10.1. The summed E-state index contributed by atoms with van der Waals surface area (Å²) in [6.07, 6.45) is 0.978. The van der Waals surface area contributed by atoms with Crippen molar-refractivity contribution in [2.45, 2.75) is 52.6 Å². The van der Waals surface area contributed by atoms with E-state index in [0.717, 1.165) is 16.8 Å². The van der Waals surface area contributed by atoms with Gasteiger partial charge in [-0.05, 0) is 31.4 Å². The molecule has 1 aromatic carbocycles. The maximum Gasteiger partial charge on any atom is 0.409 e. The van der Waals surface area contributed by atoms with E-state index < -0.39 is 0 Å². The number of ether oxygens (including phenoxy) is 1. The van der Waals surface area contributed by atoms with Crippen molar-refractivity contribution in [1.82, 2.24) is 30.2 Å². The van der Waals surface area contributed by atoms with Crippen LogP contribution in [0, 0.1) is 13.8 Å². The summed E-state index contributed by atoms with van der Waals surface area (Å²) in [5, 5.41) is 10.5. The Bertz CT molecular complexity index is 1130. The number of nitrogens with one attached hydrogen (secondary N) is 2. The molecule has 0 bridgehead atoms. The zero-order chi connectivity index (χ0) is 28.5. The number of likely N-dealkylation sites (tertiary alicyclic amines) is 1. The minimum Gasteiger partial charge on any atom is -0.453 e. The van der Waals surface area contributed by atoms with Crippen LogP contribution in [0.2, 0.25) is 0 Å². The number of carbonyl (C=O) groups is 3. The van der Waals surface area contributed by atoms with E-state index in [-0.39, 0.29) is 43.1 Å². The van der Waals surface area contributed by atoms with Gasteiger partial charge in [-0.1, -0.05) is 31.1 Å². The lowest BCUT2D eigenvalue weighted by Gasteiger charge is -2.37. The van der Waals surface area contributed by atoms with Gasteiger partial charge < -0.3 is 34.6 Å². The molecular formula is C27H41N7O5. The number of anilines is 1. The number of hydrogen-bond acceptors (Lipinski definition) is 9. The van der Waals surface area contributed by atoms with Crippen LogP contribution >= 0.6 is 0 Å². The molecule has 1 aliphatic rings. The first kappa shape index (κ1) is 29.9. The highest BCUT2D eigenvalue weighted by Gasteiger charge is 2.29. The van der Waals surface area contributed by atoms with Gasteiger partial charge in [-0.3, -0.25) is 9.59 Å². The number of nitrogens with zero attached hydrogens (tertiary/aromatic N) is 5. The predicted octanol–water partition coefficient (Wildman–Crippen LogP) is 2.28. The van der Waals surface area contributed by atoms with Gasteiger partial charge in [-0.2, -0.15) is 4.98 Å². The lowest BCUT2D eigenvalue weighted by atomic mass is 10.0. The number of rotatable bonds is 11. The van der Waals surface area contributed by atoms with Gasteiger partial charge in [-0.15, -0.1) is 0 Å². The molecule has 0 atom stereocenters. The van der Waals surface area contributed by atoms with E-state index in [1.165, 1.54) is 7.11 Å². The van der Waals surface area contributed by atoms with Crippen LogP contribution in [0.4, 0.5) is 10.5 Å². The molecule has 3 rings (SSSR count). The third-order valence-corrected chi connectivity index (χ3v) is 6.90. The van der Waals surface area contributed by atoms with Gasteiger partial charge in [-0.25, -0.2) is 4.79 Å². The molecule has 39 heavy (non-hydrogen) atoms. The Morgan fingerprint density at radius 3 is 2.51 bits per heavy atom. The SMILES string of the molecule is COC(=O)N1CCC(N(C)C(=O)CN(CCNC(C)C)C(=O)CNc2cc(-c3noc(C)n3)ccc2C)CC1. The van der Waals surface area contributed by atoms with Crippen molar-refractivity contribution in [3.63, 3.8) is 0 Å². The Morgan fingerprint density at radius 2 is 1.90 bits per heavy atom. The van der Waals surface area contributed by atoms with E-state index in [1.54, 1.807) is 28.7 Å².